The van der Waals surface area contributed by atoms with E-state index in [4.69, 9.17) is 4.74 Å². The molecule has 3 aliphatic heterocycles. The zero-order valence-electron chi connectivity index (χ0n) is 16.3. The number of para-hydroxylation sites is 1. The highest BCUT2D eigenvalue weighted by Crippen LogP contribution is 2.50. The molecule has 0 amide bonds. The van der Waals surface area contributed by atoms with E-state index in [0.29, 0.717) is 18.6 Å². The lowest BCUT2D eigenvalue weighted by molar-refractivity contribution is 0.0384. The molecule has 0 unspecified atom stereocenters. The first-order valence-electron chi connectivity index (χ1n) is 10.5. The molecule has 5 rings (SSSR count). The molecule has 1 aromatic heterocycles. The number of aliphatic hydroxyl groups is 1. The van der Waals surface area contributed by atoms with Crippen LogP contribution >= 0.6 is 0 Å². The van der Waals surface area contributed by atoms with E-state index >= 15 is 0 Å². The Kier molecular flexibility index (Phi) is 4.83. The minimum absolute atomic E-state index is 0.153. The average molecular weight is 380 g/mol. The number of piperidine rings is 1. The Morgan fingerprint density at radius 3 is 2.71 bits per heavy atom. The summed E-state index contributed by atoms with van der Waals surface area (Å²) >= 11 is 0. The normalized spacial score (nSPS) is 28.5. The van der Waals surface area contributed by atoms with Gasteiger partial charge in [-0.05, 0) is 36.6 Å². The van der Waals surface area contributed by atoms with E-state index in [1.807, 2.05) is 18.3 Å². The molecule has 3 aliphatic rings. The number of benzene rings is 1. The van der Waals surface area contributed by atoms with Gasteiger partial charge in [-0.3, -0.25) is 14.8 Å². The van der Waals surface area contributed by atoms with Crippen LogP contribution in [0.3, 0.4) is 0 Å². The van der Waals surface area contributed by atoms with E-state index in [2.05, 4.69) is 45.1 Å². The molecular weight excluding hydrogens is 350 g/mol. The molecule has 0 radical (unpaired) electrons. The van der Waals surface area contributed by atoms with Crippen LogP contribution in [0.1, 0.15) is 30.0 Å². The maximum atomic E-state index is 10.3. The molecule has 2 saturated heterocycles. The zero-order chi connectivity index (χ0) is 19.0. The van der Waals surface area contributed by atoms with E-state index < -0.39 is 0 Å². The predicted octanol–water partition coefficient (Wildman–Crippen LogP) is 2.52. The van der Waals surface area contributed by atoms with Crippen molar-refractivity contribution in [3.63, 3.8) is 0 Å². The third-order valence-electron chi connectivity index (χ3n) is 6.98. The summed E-state index contributed by atoms with van der Waals surface area (Å²) < 4.78 is 6.05. The lowest BCUT2D eigenvalue weighted by atomic mass is 9.74. The van der Waals surface area contributed by atoms with Gasteiger partial charge < -0.3 is 9.84 Å². The van der Waals surface area contributed by atoms with Gasteiger partial charge in [0.25, 0.3) is 0 Å². The molecule has 0 spiro atoms. The molecule has 28 heavy (non-hydrogen) atoms. The van der Waals surface area contributed by atoms with Gasteiger partial charge >= 0.3 is 0 Å². The van der Waals surface area contributed by atoms with Crippen LogP contribution in [0.25, 0.3) is 0 Å². The largest absolute Gasteiger partial charge is 0.493 e. The summed E-state index contributed by atoms with van der Waals surface area (Å²) in [4.78, 5) is 9.61. The number of likely N-dealkylation sites (tertiary alicyclic amines) is 2. The van der Waals surface area contributed by atoms with Gasteiger partial charge in [0.05, 0.1) is 18.9 Å². The minimum atomic E-state index is -0.153. The van der Waals surface area contributed by atoms with Gasteiger partial charge in [0.15, 0.2) is 0 Å². The number of fused-ring (bicyclic) bond motifs is 3. The first-order chi connectivity index (χ1) is 13.8. The number of hydrogen-bond acceptors (Lipinski definition) is 5. The molecule has 5 heteroatoms. The van der Waals surface area contributed by atoms with Crippen molar-refractivity contribution < 1.29 is 9.84 Å². The van der Waals surface area contributed by atoms with Crippen LogP contribution in [-0.2, 0) is 6.54 Å². The second kappa shape index (κ2) is 7.47. The Morgan fingerprint density at radius 1 is 1.11 bits per heavy atom. The molecule has 2 aromatic rings. The number of aliphatic hydroxyl groups excluding tert-OH is 1. The van der Waals surface area contributed by atoms with E-state index in [9.17, 15) is 5.11 Å². The van der Waals surface area contributed by atoms with Crippen molar-refractivity contribution in [2.24, 2.45) is 5.41 Å². The molecule has 5 nitrogen and oxygen atoms in total. The summed E-state index contributed by atoms with van der Waals surface area (Å²) in [7, 11) is 0. The summed E-state index contributed by atoms with van der Waals surface area (Å²) in [5.74, 6) is 1.37. The molecule has 1 aromatic carbocycles. The van der Waals surface area contributed by atoms with Crippen LogP contribution in [0.15, 0.2) is 48.7 Å². The highest BCUT2D eigenvalue weighted by atomic mass is 16.5. The van der Waals surface area contributed by atoms with Crippen molar-refractivity contribution in [2.45, 2.75) is 31.3 Å². The number of nitrogens with zero attached hydrogens (tertiary/aromatic N) is 3. The first kappa shape index (κ1) is 18.1. The molecule has 0 saturated carbocycles. The maximum Gasteiger partial charge on any atom is 0.122 e. The predicted molar refractivity (Wildman–Crippen MR) is 108 cm³/mol. The van der Waals surface area contributed by atoms with Crippen LogP contribution in [0, 0.1) is 5.41 Å². The smallest absolute Gasteiger partial charge is 0.122 e. The number of hydrogen-bond donors (Lipinski definition) is 1. The van der Waals surface area contributed by atoms with Crippen molar-refractivity contribution >= 4 is 0 Å². The number of pyridine rings is 1. The van der Waals surface area contributed by atoms with Crippen molar-refractivity contribution in [3.05, 3.63) is 59.9 Å². The standard InChI is InChI=1S/C23H29N3O2/c27-16-23-15-26(14-21(23)20-6-1-2-7-22(20)28-17-23)19-8-11-25(12-9-19)13-18-5-3-4-10-24-18/h1-7,10,19,21,27H,8-9,11-17H2/t21-,23-/m0/s1. The maximum absolute atomic E-state index is 10.3. The number of rotatable bonds is 4. The Morgan fingerprint density at radius 2 is 1.93 bits per heavy atom. The van der Waals surface area contributed by atoms with Gasteiger partial charge in [-0.25, -0.2) is 0 Å². The molecule has 0 aliphatic carbocycles. The fourth-order valence-electron chi connectivity index (χ4n) is 5.35. The highest BCUT2D eigenvalue weighted by molar-refractivity contribution is 5.41. The monoisotopic (exact) mass is 379 g/mol. The van der Waals surface area contributed by atoms with Gasteiger partial charge in [-0.15, -0.1) is 0 Å². The van der Waals surface area contributed by atoms with Gasteiger partial charge in [0.2, 0.25) is 0 Å². The fraction of sp³-hybridized carbons (Fsp3) is 0.522. The van der Waals surface area contributed by atoms with Crippen molar-refractivity contribution in [2.75, 3.05) is 39.4 Å². The number of aromatic nitrogens is 1. The molecule has 0 bridgehead atoms. The van der Waals surface area contributed by atoms with Gasteiger partial charge in [-0.1, -0.05) is 24.3 Å². The molecule has 148 valence electrons. The SMILES string of the molecule is OC[C@@]12COc3ccccc3[C@@H]1CN(C1CCN(Cc3ccccn3)CC1)C2. The fourth-order valence-corrected chi connectivity index (χ4v) is 5.35. The van der Waals surface area contributed by atoms with Crippen LogP contribution in [0.5, 0.6) is 5.75 Å². The van der Waals surface area contributed by atoms with Crippen molar-refractivity contribution in [3.8, 4) is 5.75 Å². The summed E-state index contributed by atoms with van der Waals surface area (Å²) in [6, 6.07) is 15.1. The number of ether oxygens (including phenoxy) is 1. The molecule has 2 atom stereocenters. The molecular formula is C23H29N3O2. The van der Waals surface area contributed by atoms with Crippen LogP contribution in [0.2, 0.25) is 0 Å². The first-order valence-corrected chi connectivity index (χ1v) is 10.5. The third-order valence-corrected chi connectivity index (χ3v) is 6.98. The lowest BCUT2D eigenvalue weighted by Crippen LogP contribution is -2.46. The summed E-state index contributed by atoms with van der Waals surface area (Å²) in [5, 5.41) is 10.3. The van der Waals surface area contributed by atoms with E-state index in [1.54, 1.807) is 0 Å². The van der Waals surface area contributed by atoms with E-state index in [-0.39, 0.29) is 12.0 Å². The average Bonchev–Trinajstić information content (AvgIpc) is 3.16. The van der Waals surface area contributed by atoms with Gasteiger partial charge in [0, 0.05) is 56.3 Å². The summed E-state index contributed by atoms with van der Waals surface area (Å²) in [6.07, 6.45) is 4.25. The summed E-state index contributed by atoms with van der Waals surface area (Å²) in [6.45, 7) is 5.96. The van der Waals surface area contributed by atoms with Gasteiger partial charge in [0.1, 0.15) is 5.75 Å². The van der Waals surface area contributed by atoms with E-state index in [1.165, 1.54) is 18.4 Å². The van der Waals surface area contributed by atoms with Crippen LogP contribution in [-0.4, -0.2) is 65.3 Å². The van der Waals surface area contributed by atoms with Crippen LogP contribution in [0.4, 0.5) is 0 Å². The van der Waals surface area contributed by atoms with Crippen LogP contribution < -0.4 is 4.74 Å². The minimum Gasteiger partial charge on any atom is -0.493 e. The zero-order valence-corrected chi connectivity index (χ0v) is 16.3. The summed E-state index contributed by atoms with van der Waals surface area (Å²) in [5.41, 5.74) is 2.28. The Hall–Kier alpha value is -1.95. The van der Waals surface area contributed by atoms with E-state index in [0.717, 1.165) is 44.2 Å². The topological polar surface area (TPSA) is 48.8 Å². The second-order valence-corrected chi connectivity index (χ2v) is 8.66. The van der Waals surface area contributed by atoms with Gasteiger partial charge in [-0.2, -0.15) is 0 Å². The Labute approximate surface area is 166 Å². The second-order valence-electron chi connectivity index (χ2n) is 8.66. The molecule has 1 N–H and O–H groups in total. The Bertz CT molecular complexity index is 807. The third kappa shape index (κ3) is 3.21. The molecule has 4 heterocycles. The van der Waals surface area contributed by atoms with Crippen molar-refractivity contribution in [1.82, 2.24) is 14.8 Å². The Balaban J connectivity index is 1.25. The molecule has 2 fully saturated rings. The highest BCUT2D eigenvalue weighted by Gasteiger charge is 2.52. The van der Waals surface area contributed by atoms with Crippen molar-refractivity contribution in [1.29, 1.82) is 0 Å². The quantitative estimate of drug-likeness (QED) is 0.885. The lowest BCUT2D eigenvalue weighted by Gasteiger charge is -2.39.